The minimum absolute atomic E-state index is 0.229. The van der Waals surface area contributed by atoms with Crippen molar-refractivity contribution >= 4 is 17.3 Å². The summed E-state index contributed by atoms with van der Waals surface area (Å²) in [6.45, 7) is 3.26. The van der Waals surface area contributed by atoms with E-state index < -0.39 is 0 Å². The average molecular weight is 339 g/mol. The zero-order valence-electron chi connectivity index (χ0n) is 14.6. The van der Waals surface area contributed by atoms with Crippen molar-refractivity contribution in [2.24, 2.45) is 0 Å². The second-order valence-electron chi connectivity index (χ2n) is 6.31. The SMILES string of the molecule is COc1ccc(CCC(=O)N2CCN(c3ccc(N)cc3)CC2)cc1. The molecule has 5 nitrogen and oxygen atoms in total. The summed E-state index contributed by atoms with van der Waals surface area (Å²) in [6.07, 6.45) is 1.31. The lowest BCUT2D eigenvalue weighted by molar-refractivity contribution is -0.131. The molecule has 2 N–H and O–H groups in total. The minimum Gasteiger partial charge on any atom is -0.497 e. The van der Waals surface area contributed by atoms with Gasteiger partial charge < -0.3 is 20.3 Å². The van der Waals surface area contributed by atoms with Gasteiger partial charge in [0.25, 0.3) is 0 Å². The van der Waals surface area contributed by atoms with Crippen molar-refractivity contribution < 1.29 is 9.53 Å². The Hall–Kier alpha value is -2.69. The van der Waals surface area contributed by atoms with E-state index in [9.17, 15) is 4.79 Å². The van der Waals surface area contributed by atoms with Crippen molar-refractivity contribution in [1.29, 1.82) is 0 Å². The van der Waals surface area contributed by atoms with Crippen LogP contribution in [0.5, 0.6) is 5.75 Å². The summed E-state index contributed by atoms with van der Waals surface area (Å²) in [5, 5.41) is 0. The molecule has 0 aromatic heterocycles. The van der Waals surface area contributed by atoms with Gasteiger partial charge in [-0.2, -0.15) is 0 Å². The van der Waals surface area contributed by atoms with Crippen LogP contribution in [-0.2, 0) is 11.2 Å². The maximum Gasteiger partial charge on any atom is 0.223 e. The number of ether oxygens (including phenoxy) is 1. The molecule has 132 valence electrons. The molecular weight excluding hydrogens is 314 g/mol. The Kier molecular flexibility index (Phi) is 5.43. The Balaban J connectivity index is 1.47. The third kappa shape index (κ3) is 4.44. The number of piperazine rings is 1. The number of anilines is 2. The summed E-state index contributed by atoms with van der Waals surface area (Å²) >= 11 is 0. The zero-order valence-corrected chi connectivity index (χ0v) is 14.6. The number of hydrogen-bond donors (Lipinski definition) is 1. The summed E-state index contributed by atoms with van der Waals surface area (Å²) < 4.78 is 5.16. The van der Waals surface area contributed by atoms with E-state index in [-0.39, 0.29) is 5.91 Å². The Bertz CT molecular complexity index is 690. The molecular formula is C20H25N3O2. The van der Waals surface area contributed by atoms with E-state index in [2.05, 4.69) is 4.90 Å². The molecule has 0 saturated carbocycles. The van der Waals surface area contributed by atoms with Crippen LogP contribution < -0.4 is 15.4 Å². The van der Waals surface area contributed by atoms with Gasteiger partial charge >= 0.3 is 0 Å². The average Bonchev–Trinajstić information content (AvgIpc) is 2.67. The van der Waals surface area contributed by atoms with Gasteiger partial charge in [0.1, 0.15) is 5.75 Å². The highest BCUT2D eigenvalue weighted by atomic mass is 16.5. The summed E-state index contributed by atoms with van der Waals surface area (Å²) in [6, 6.07) is 15.8. The normalized spacial score (nSPS) is 14.4. The first kappa shape index (κ1) is 17.1. The van der Waals surface area contributed by atoms with Crippen LogP contribution in [0.1, 0.15) is 12.0 Å². The highest BCUT2D eigenvalue weighted by Gasteiger charge is 2.20. The van der Waals surface area contributed by atoms with E-state index in [0.29, 0.717) is 6.42 Å². The molecule has 0 spiro atoms. The lowest BCUT2D eigenvalue weighted by Crippen LogP contribution is -2.48. The molecule has 0 aliphatic carbocycles. The lowest BCUT2D eigenvalue weighted by Gasteiger charge is -2.36. The number of aryl methyl sites for hydroxylation is 1. The molecule has 1 saturated heterocycles. The van der Waals surface area contributed by atoms with Gasteiger partial charge in [-0.3, -0.25) is 4.79 Å². The first-order valence-electron chi connectivity index (χ1n) is 8.67. The minimum atomic E-state index is 0.229. The van der Waals surface area contributed by atoms with Gasteiger partial charge in [-0.25, -0.2) is 0 Å². The van der Waals surface area contributed by atoms with Gasteiger partial charge in [0.2, 0.25) is 5.91 Å². The number of nitrogens with two attached hydrogens (primary N) is 1. The predicted octanol–water partition coefficient (Wildman–Crippen LogP) is 2.56. The predicted molar refractivity (Wildman–Crippen MR) is 101 cm³/mol. The fraction of sp³-hybridized carbons (Fsp3) is 0.350. The van der Waals surface area contributed by atoms with E-state index in [1.165, 1.54) is 5.69 Å². The van der Waals surface area contributed by atoms with Gasteiger partial charge in [0.05, 0.1) is 7.11 Å². The standard InChI is InChI=1S/C20H25N3O2/c1-25-19-9-2-16(3-10-19)4-11-20(24)23-14-12-22(13-15-23)18-7-5-17(21)6-8-18/h2-3,5-10H,4,11-15,21H2,1H3. The van der Waals surface area contributed by atoms with Crippen LogP contribution in [0, 0.1) is 0 Å². The molecule has 0 bridgehead atoms. The zero-order chi connectivity index (χ0) is 17.6. The van der Waals surface area contributed by atoms with E-state index >= 15 is 0 Å². The van der Waals surface area contributed by atoms with Gasteiger partial charge in [-0.05, 0) is 48.4 Å². The van der Waals surface area contributed by atoms with E-state index in [1.54, 1.807) is 7.11 Å². The maximum absolute atomic E-state index is 12.4. The molecule has 1 amide bonds. The third-order valence-corrected chi connectivity index (χ3v) is 4.68. The molecule has 1 aliphatic heterocycles. The number of benzene rings is 2. The lowest BCUT2D eigenvalue weighted by atomic mass is 10.1. The van der Waals surface area contributed by atoms with Crippen LogP contribution >= 0.6 is 0 Å². The second-order valence-corrected chi connectivity index (χ2v) is 6.31. The molecule has 2 aromatic carbocycles. The molecule has 3 rings (SSSR count). The molecule has 1 fully saturated rings. The number of hydrogen-bond acceptors (Lipinski definition) is 4. The molecule has 0 radical (unpaired) electrons. The van der Waals surface area contributed by atoms with Crippen molar-refractivity contribution in [3.8, 4) is 5.75 Å². The van der Waals surface area contributed by atoms with Crippen LogP contribution in [0.25, 0.3) is 0 Å². The molecule has 1 aliphatic rings. The molecule has 2 aromatic rings. The Morgan fingerprint density at radius 3 is 2.24 bits per heavy atom. The van der Waals surface area contributed by atoms with Crippen molar-refractivity contribution in [3.05, 3.63) is 54.1 Å². The Labute approximate surface area is 149 Å². The summed E-state index contributed by atoms with van der Waals surface area (Å²) in [4.78, 5) is 16.7. The molecule has 0 atom stereocenters. The van der Waals surface area contributed by atoms with Crippen LogP contribution in [0.2, 0.25) is 0 Å². The quantitative estimate of drug-likeness (QED) is 0.851. The van der Waals surface area contributed by atoms with Crippen molar-refractivity contribution in [2.45, 2.75) is 12.8 Å². The van der Waals surface area contributed by atoms with Crippen molar-refractivity contribution in [3.63, 3.8) is 0 Å². The molecule has 1 heterocycles. The van der Waals surface area contributed by atoms with Gasteiger partial charge in [0, 0.05) is 44.0 Å². The maximum atomic E-state index is 12.4. The van der Waals surface area contributed by atoms with Gasteiger partial charge in [-0.1, -0.05) is 12.1 Å². The number of amides is 1. The number of nitrogens with zero attached hydrogens (tertiary/aromatic N) is 2. The number of methoxy groups -OCH3 is 1. The number of rotatable bonds is 5. The molecule has 25 heavy (non-hydrogen) atoms. The topological polar surface area (TPSA) is 58.8 Å². The summed E-state index contributed by atoms with van der Waals surface area (Å²) in [7, 11) is 1.66. The fourth-order valence-corrected chi connectivity index (χ4v) is 3.10. The van der Waals surface area contributed by atoms with Crippen LogP contribution in [-0.4, -0.2) is 44.1 Å². The van der Waals surface area contributed by atoms with Crippen LogP contribution in [0.15, 0.2) is 48.5 Å². The third-order valence-electron chi connectivity index (χ3n) is 4.68. The van der Waals surface area contributed by atoms with Crippen molar-refractivity contribution in [2.75, 3.05) is 43.9 Å². The highest BCUT2D eigenvalue weighted by molar-refractivity contribution is 5.76. The van der Waals surface area contributed by atoms with E-state index in [0.717, 1.165) is 49.6 Å². The second kappa shape index (κ2) is 7.92. The van der Waals surface area contributed by atoms with Crippen LogP contribution in [0.4, 0.5) is 11.4 Å². The number of nitrogen functional groups attached to an aromatic ring is 1. The van der Waals surface area contributed by atoms with Gasteiger partial charge in [-0.15, -0.1) is 0 Å². The summed E-state index contributed by atoms with van der Waals surface area (Å²) in [5.74, 6) is 1.07. The Morgan fingerprint density at radius 1 is 1.00 bits per heavy atom. The molecule has 0 unspecified atom stereocenters. The van der Waals surface area contributed by atoms with Crippen LogP contribution in [0.3, 0.4) is 0 Å². The monoisotopic (exact) mass is 339 g/mol. The molecule has 5 heteroatoms. The van der Waals surface area contributed by atoms with E-state index in [1.807, 2.05) is 53.4 Å². The van der Waals surface area contributed by atoms with Crippen molar-refractivity contribution in [1.82, 2.24) is 4.90 Å². The Morgan fingerprint density at radius 2 is 1.64 bits per heavy atom. The first-order valence-corrected chi connectivity index (χ1v) is 8.67. The smallest absolute Gasteiger partial charge is 0.223 e. The van der Waals surface area contributed by atoms with E-state index in [4.69, 9.17) is 10.5 Å². The summed E-state index contributed by atoms with van der Waals surface area (Å²) in [5.41, 5.74) is 8.84. The fourth-order valence-electron chi connectivity index (χ4n) is 3.10. The number of carbonyl (C=O) groups excluding carboxylic acids is 1. The highest BCUT2D eigenvalue weighted by Crippen LogP contribution is 2.19. The largest absolute Gasteiger partial charge is 0.497 e. The number of carbonyl (C=O) groups is 1. The van der Waals surface area contributed by atoms with Gasteiger partial charge in [0.15, 0.2) is 0 Å². The first-order chi connectivity index (χ1) is 12.2.